The summed E-state index contributed by atoms with van der Waals surface area (Å²) in [5, 5.41) is 23.0. The molecular weight excluding hydrogens is 919 g/mol. The van der Waals surface area contributed by atoms with E-state index in [2.05, 4.69) is 20.8 Å². The van der Waals surface area contributed by atoms with Crippen LogP contribution in [-0.4, -0.2) is 91.4 Å². The van der Waals surface area contributed by atoms with Gasteiger partial charge in [0.2, 0.25) is 0 Å². The fourth-order valence-electron chi connectivity index (χ4n) is 8.40. The molecule has 70 heavy (non-hydrogen) atoms. The molecule has 0 radical (unpaired) electrons. The molecule has 19 heteroatoms. The molecule has 372 valence electrons. The minimum absolute atomic E-state index is 0.0686. The summed E-state index contributed by atoms with van der Waals surface area (Å²) in [4.78, 5) is 37.1. The zero-order chi connectivity index (χ0) is 50.9. The van der Waals surface area contributed by atoms with Gasteiger partial charge < -0.3 is 31.1 Å². The van der Waals surface area contributed by atoms with Crippen LogP contribution in [0.15, 0.2) is 97.3 Å². The molecule has 2 saturated heterocycles. The number of aryl methyl sites for hydroxylation is 2. The van der Waals surface area contributed by atoms with E-state index in [0.717, 1.165) is 29.6 Å². The maximum atomic E-state index is 14.8. The van der Waals surface area contributed by atoms with E-state index in [1.54, 1.807) is 77.8 Å². The number of aromatic carboxylic acids is 1. The van der Waals surface area contributed by atoms with E-state index in [0.29, 0.717) is 74.4 Å². The Bertz CT molecular complexity index is 2790. The molecular formula is C51H56F6N8O5. The molecule has 6 aromatic rings. The molecule has 4 atom stereocenters. The Balaban J connectivity index is 0.000000181. The first-order chi connectivity index (χ1) is 33.3. The van der Waals surface area contributed by atoms with Gasteiger partial charge in [-0.25, -0.2) is 35.9 Å². The van der Waals surface area contributed by atoms with Crippen LogP contribution < -0.4 is 16.4 Å². The van der Waals surface area contributed by atoms with Crippen molar-refractivity contribution in [2.45, 2.75) is 90.1 Å². The molecule has 2 fully saturated rings. The van der Waals surface area contributed by atoms with Crippen molar-refractivity contribution < 1.29 is 50.6 Å². The maximum absolute atomic E-state index is 14.8. The third kappa shape index (κ3) is 13.0. The minimum Gasteiger partial charge on any atom is -0.478 e. The maximum Gasteiger partial charge on any atom is 0.410 e. The van der Waals surface area contributed by atoms with Crippen LogP contribution >= 0.6 is 0 Å². The van der Waals surface area contributed by atoms with Crippen LogP contribution in [0.25, 0.3) is 22.5 Å². The summed E-state index contributed by atoms with van der Waals surface area (Å²) in [6.45, 7) is 12.5. The first-order valence-electron chi connectivity index (χ1n) is 22.8. The quantitative estimate of drug-likeness (QED) is 0.103. The molecule has 4 aromatic carbocycles. The van der Waals surface area contributed by atoms with E-state index in [4.69, 9.17) is 15.6 Å². The molecule has 0 aliphatic carbocycles. The normalized spacial score (nSPS) is 17.9. The number of hydrogen-bond acceptors (Lipinski definition) is 8. The summed E-state index contributed by atoms with van der Waals surface area (Å²) in [5.41, 5.74) is 9.23. The third-order valence-corrected chi connectivity index (χ3v) is 11.9. The lowest BCUT2D eigenvalue weighted by Crippen LogP contribution is -2.50. The summed E-state index contributed by atoms with van der Waals surface area (Å²) in [5.74, 6) is -7.07. The molecule has 2 aromatic heterocycles. The number of nitrogens with one attached hydrogen (secondary N) is 2. The zero-order valence-corrected chi connectivity index (χ0v) is 39.4. The number of nitrogens with two attached hydrogens (primary N) is 1. The number of carboxylic acids is 1. The summed E-state index contributed by atoms with van der Waals surface area (Å²) in [6.07, 6.45) is 4.10. The number of ether oxygens (including phenoxy) is 1. The number of piperidine rings is 2. The van der Waals surface area contributed by atoms with Crippen LogP contribution in [0.5, 0.6) is 0 Å². The van der Waals surface area contributed by atoms with Crippen LogP contribution in [0.1, 0.15) is 91.1 Å². The monoisotopic (exact) mass is 974 g/mol. The number of halogens is 6. The molecule has 2 amide bonds. The Hall–Kier alpha value is -6.99. The molecule has 13 nitrogen and oxygen atoms in total. The van der Waals surface area contributed by atoms with E-state index in [1.807, 2.05) is 13.8 Å². The molecule has 2 aliphatic heterocycles. The van der Waals surface area contributed by atoms with Crippen LogP contribution in [0.3, 0.4) is 0 Å². The second kappa shape index (κ2) is 23.1. The van der Waals surface area contributed by atoms with Crippen molar-refractivity contribution in [2.24, 2.45) is 5.73 Å². The van der Waals surface area contributed by atoms with Gasteiger partial charge in [0.25, 0.3) is 5.91 Å². The lowest BCUT2D eigenvalue weighted by molar-refractivity contribution is 0.0186. The second-order valence-electron chi connectivity index (χ2n) is 17.8. The van der Waals surface area contributed by atoms with Gasteiger partial charge in [-0.1, -0.05) is 24.3 Å². The summed E-state index contributed by atoms with van der Waals surface area (Å²) < 4.78 is 90.5. The Labute approximate surface area is 401 Å². The molecule has 2 aliphatic rings. The fraction of sp³-hybridized carbons (Fsp3) is 0.353. The van der Waals surface area contributed by atoms with Crippen molar-refractivity contribution in [3.63, 3.8) is 0 Å². The van der Waals surface area contributed by atoms with Gasteiger partial charge in [-0.2, -0.15) is 10.2 Å². The number of benzene rings is 4. The van der Waals surface area contributed by atoms with Crippen LogP contribution in [-0.2, 0) is 17.8 Å². The zero-order valence-electron chi connectivity index (χ0n) is 39.4. The number of likely N-dealkylation sites (tertiary alicyclic amines) is 1. The molecule has 0 unspecified atom stereocenters. The highest BCUT2D eigenvalue weighted by Gasteiger charge is 2.33. The van der Waals surface area contributed by atoms with Crippen molar-refractivity contribution >= 4 is 18.0 Å². The number of carbonyl (C=O) groups is 3. The fourth-order valence-corrected chi connectivity index (χ4v) is 8.40. The van der Waals surface area contributed by atoms with Gasteiger partial charge in [-0.05, 0) is 126 Å². The average Bonchev–Trinajstić information content (AvgIpc) is 4.01. The minimum atomic E-state index is -1.27. The molecule has 0 spiro atoms. The van der Waals surface area contributed by atoms with Crippen LogP contribution in [0, 0.1) is 34.9 Å². The highest BCUT2D eigenvalue weighted by atomic mass is 19.2. The third-order valence-electron chi connectivity index (χ3n) is 11.9. The Morgan fingerprint density at radius 3 is 1.71 bits per heavy atom. The predicted octanol–water partition coefficient (Wildman–Crippen LogP) is 9.29. The van der Waals surface area contributed by atoms with Gasteiger partial charge in [0, 0.05) is 80.2 Å². The predicted molar refractivity (Wildman–Crippen MR) is 251 cm³/mol. The summed E-state index contributed by atoms with van der Waals surface area (Å²) in [6, 6.07) is 19.0. The number of nitrogens with zero attached hydrogens (tertiary/aromatic N) is 5. The van der Waals surface area contributed by atoms with E-state index < -0.39 is 58.5 Å². The van der Waals surface area contributed by atoms with Gasteiger partial charge >= 0.3 is 12.1 Å². The highest BCUT2D eigenvalue weighted by molar-refractivity contribution is 5.95. The second-order valence-corrected chi connectivity index (χ2v) is 17.8. The van der Waals surface area contributed by atoms with E-state index in [1.165, 1.54) is 36.4 Å². The molecule has 0 saturated carbocycles. The van der Waals surface area contributed by atoms with Gasteiger partial charge in [-0.3, -0.25) is 14.2 Å². The number of hydrogen-bond donors (Lipinski definition) is 4. The average molecular weight is 975 g/mol. The first-order valence-corrected chi connectivity index (χ1v) is 22.8. The van der Waals surface area contributed by atoms with Gasteiger partial charge in [0.1, 0.15) is 17.2 Å². The van der Waals surface area contributed by atoms with Crippen LogP contribution in [0.2, 0.25) is 0 Å². The van der Waals surface area contributed by atoms with Crippen molar-refractivity contribution in [1.82, 2.24) is 35.1 Å². The van der Waals surface area contributed by atoms with E-state index in [-0.39, 0.29) is 35.0 Å². The molecule has 5 N–H and O–H groups in total. The molecule has 8 rings (SSSR count). The van der Waals surface area contributed by atoms with Gasteiger partial charge in [0.05, 0.1) is 22.5 Å². The first kappa shape index (κ1) is 52.4. The largest absolute Gasteiger partial charge is 0.478 e. The van der Waals surface area contributed by atoms with Crippen LogP contribution in [0.4, 0.5) is 31.1 Å². The number of carboxylic acid groups (broad SMARTS) is 1. The van der Waals surface area contributed by atoms with Gasteiger partial charge in [0.15, 0.2) is 23.3 Å². The molecule has 4 heterocycles. The standard InChI is InChI=1S/C23H23F3N4O.C16H22F2N2O2.C12H11FN2O2/c1-2-30-22(8-10-28-30)15-3-5-17(19(25)12-15)23(31)29-21-13-27-9-7-16(21)14-4-6-18(24)20(26)11-14;1-16(2,3)22-15(21)20-7-6-11(14(19)9-20)10-4-5-12(17)13(18)8-10;1-2-15-11(5-6-14-15)8-3-4-9(12(16)17)10(13)7-8/h3-6,8,10-12,16,21,27H,2,7,9,13H2,1H3,(H,29,31);4-5,8,11,14H,6-7,9,19H2,1-3H3;3-7H,2H2,1H3,(H,16,17)/t16-,21+;11-,14+;/m00./s1. The smallest absolute Gasteiger partial charge is 0.410 e. The van der Waals surface area contributed by atoms with Crippen molar-refractivity contribution in [1.29, 1.82) is 0 Å². The summed E-state index contributed by atoms with van der Waals surface area (Å²) >= 11 is 0. The van der Waals surface area contributed by atoms with E-state index in [9.17, 15) is 40.7 Å². The number of carbonyl (C=O) groups excluding carboxylic acids is 2. The summed E-state index contributed by atoms with van der Waals surface area (Å²) in [7, 11) is 0. The topological polar surface area (TPSA) is 170 Å². The SMILES string of the molecule is CC(C)(C)OC(=O)N1CC[C@@H](c2ccc(F)c(F)c2)[C@H](N)C1.CCn1nccc1-c1ccc(C(=O)N[C@@H]2CNCC[C@H]2c2ccc(F)c(F)c2)c(F)c1.CCn1nccc1-c1ccc(C(=O)O)c(F)c1. The lowest BCUT2D eigenvalue weighted by Gasteiger charge is -2.37. The van der Waals surface area contributed by atoms with Crippen molar-refractivity contribution in [3.05, 3.63) is 154 Å². The number of amides is 2. The highest BCUT2D eigenvalue weighted by Crippen LogP contribution is 2.31. The Morgan fingerprint density at radius 2 is 1.24 bits per heavy atom. The molecule has 0 bridgehead atoms. The van der Waals surface area contributed by atoms with E-state index >= 15 is 0 Å². The Kier molecular flexibility index (Phi) is 17.3. The van der Waals surface area contributed by atoms with Crippen molar-refractivity contribution in [2.75, 3.05) is 26.2 Å². The van der Waals surface area contributed by atoms with Gasteiger partial charge in [-0.15, -0.1) is 0 Å². The Morgan fingerprint density at radius 1 is 0.714 bits per heavy atom. The number of rotatable bonds is 9. The van der Waals surface area contributed by atoms with Crippen molar-refractivity contribution in [3.8, 4) is 22.5 Å². The lowest BCUT2D eigenvalue weighted by atomic mass is 9.85. The number of aromatic nitrogens is 4.